The van der Waals surface area contributed by atoms with Gasteiger partial charge < -0.3 is 10.8 Å². The fourth-order valence-electron chi connectivity index (χ4n) is 0.676. The van der Waals surface area contributed by atoms with E-state index in [2.05, 4.69) is 15.3 Å². The second kappa shape index (κ2) is 3.30. The molecule has 0 aliphatic carbocycles. The molecule has 3 N–H and O–H groups in total. The summed E-state index contributed by atoms with van der Waals surface area (Å²) in [7, 11) is 0. The van der Waals surface area contributed by atoms with E-state index in [4.69, 9.17) is 0 Å². The van der Waals surface area contributed by atoms with E-state index < -0.39 is 23.6 Å². The van der Waals surface area contributed by atoms with E-state index in [1.807, 2.05) is 0 Å². The number of carbonyl (C=O) groups excluding carboxylic acids is 1. The Bertz CT molecular complexity index is 305. The SMILES string of the molecule is NC(=O)C(O)(c1csnn1)C(F)F. The normalized spacial score (nSPS) is 15.7. The van der Waals surface area contributed by atoms with Crippen LogP contribution in [0.3, 0.4) is 0 Å². The van der Waals surface area contributed by atoms with Crippen molar-refractivity contribution < 1.29 is 18.7 Å². The second-order valence-corrected chi connectivity index (χ2v) is 2.83. The zero-order valence-electron chi connectivity index (χ0n) is 6.15. The summed E-state index contributed by atoms with van der Waals surface area (Å²) < 4.78 is 27.8. The van der Waals surface area contributed by atoms with Crippen LogP contribution in [-0.4, -0.2) is 27.0 Å². The number of primary amides is 1. The van der Waals surface area contributed by atoms with E-state index in [9.17, 15) is 18.7 Å². The van der Waals surface area contributed by atoms with Crippen LogP contribution in [0.1, 0.15) is 5.69 Å². The van der Waals surface area contributed by atoms with Gasteiger partial charge in [-0.2, -0.15) is 0 Å². The van der Waals surface area contributed by atoms with Crippen LogP contribution >= 0.6 is 11.5 Å². The van der Waals surface area contributed by atoms with E-state index in [1.165, 1.54) is 0 Å². The topological polar surface area (TPSA) is 89.1 Å². The van der Waals surface area contributed by atoms with E-state index in [0.717, 1.165) is 16.9 Å². The Balaban J connectivity index is 3.13. The van der Waals surface area contributed by atoms with Crippen LogP contribution in [0, 0.1) is 0 Å². The van der Waals surface area contributed by atoms with Crippen LogP contribution < -0.4 is 5.73 Å². The van der Waals surface area contributed by atoms with Crippen molar-refractivity contribution in [3.8, 4) is 0 Å². The summed E-state index contributed by atoms with van der Waals surface area (Å²) in [6.07, 6.45) is -3.33. The molecule has 0 radical (unpaired) electrons. The molecule has 1 aromatic heterocycles. The first-order valence-electron chi connectivity index (χ1n) is 3.07. The van der Waals surface area contributed by atoms with Crippen LogP contribution in [0.15, 0.2) is 5.38 Å². The molecule has 1 aromatic rings. The molecule has 0 spiro atoms. The molecular formula is C5H5F2N3O2S. The lowest BCUT2D eigenvalue weighted by atomic mass is 10.0. The lowest BCUT2D eigenvalue weighted by Gasteiger charge is -2.20. The second-order valence-electron chi connectivity index (χ2n) is 2.22. The predicted octanol–water partition coefficient (Wildman–Crippen LogP) is -0.524. The number of halogens is 2. The number of nitrogens with zero attached hydrogens (tertiary/aromatic N) is 2. The highest BCUT2D eigenvalue weighted by molar-refractivity contribution is 7.03. The van der Waals surface area contributed by atoms with E-state index >= 15 is 0 Å². The molecule has 0 aliphatic heterocycles. The van der Waals surface area contributed by atoms with Gasteiger partial charge in [0.05, 0.1) is 0 Å². The van der Waals surface area contributed by atoms with Crippen molar-refractivity contribution in [2.45, 2.75) is 12.0 Å². The molecule has 0 fully saturated rings. The first-order valence-corrected chi connectivity index (χ1v) is 3.91. The highest BCUT2D eigenvalue weighted by Gasteiger charge is 2.48. The van der Waals surface area contributed by atoms with Crippen LogP contribution in [0.2, 0.25) is 0 Å². The average molecular weight is 209 g/mol. The van der Waals surface area contributed by atoms with Crippen molar-refractivity contribution in [2.24, 2.45) is 5.73 Å². The van der Waals surface area contributed by atoms with Crippen molar-refractivity contribution >= 4 is 17.4 Å². The van der Waals surface area contributed by atoms with Crippen LogP contribution in [0.4, 0.5) is 8.78 Å². The van der Waals surface area contributed by atoms with Gasteiger partial charge in [-0.25, -0.2) is 8.78 Å². The Morgan fingerprint density at radius 3 is 2.69 bits per heavy atom. The number of carbonyl (C=O) groups is 1. The highest BCUT2D eigenvalue weighted by atomic mass is 32.1. The van der Waals surface area contributed by atoms with Crippen LogP contribution in [-0.2, 0) is 10.4 Å². The average Bonchev–Trinajstić information content (AvgIpc) is 2.54. The fourth-order valence-corrected chi connectivity index (χ4v) is 1.19. The van der Waals surface area contributed by atoms with Crippen molar-refractivity contribution in [3.05, 3.63) is 11.1 Å². The summed E-state index contributed by atoms with van der Waals surface area (Å²) in [4.78, 5) is 10.6. The number of hydrogen-bond acceptors (Lipinski definition) is 5. The maximum absolute atomic E-state index is 12.3. The number of amides is 1. The van der Waals surface area contributed by atoms with Crippen molar-refractivity contribution in [1.29, 1.82) is 0 Å². The minimum atomic E-state index is -3.33. The van der Waals surface area contributed by atoms with Gasteiger partial charge >= 0.3 is 0 Å². The van der Waals surface area contributed by atoms with Gasteiger partial charge in [0, 0.05) is 5.38 Å². The quantitative estimate of drug-likeness (QED) is 0.700. The zero-order chi connectivity index (χ0) is 10.1. The predicted molar refractivity (Wildman–Crippen MR) is 39.0 cm³/mol. The van der Waals surface area contributed by atoms with Gasteiger partial charge in [-0.1, -0.05) is 4.49 Å². The first kappa shape index (κ1) is 9.93. The largest absolute Gasteiger partial charge is 0.370 e. The monoisotopic (exact) mass is 209 g/mol. The number of aromatic nitrogens is 2. The third-order valence-electron chi connectivity index (χ3n) is 1.44. The molecule has 1 heterocycles. The maximum atomic E-state index is 12.3. The van der Waals surface area contributed by atoms with Crippen LogP contribution in [0.5, 0.6) is 0 Å². The van der Waals surface area contributed by atoms with E-state index in [-0.39, 0.29) is 0 Å². The van der Waals surface area contributed by atoms with Gasteiger partial charge in [0.2, 0.25) is 5.60 Å². The Morgan fingerprint density at radius 1 is 1.77 bits per heavy atom. The third kappa shape index (κ3) is 1.49. The zero-order valence-corrected chi connectivity index (χ0v) is 6.96. The van der Waals surface area contributed by atoms with Gasteiger partial charge in [0.1, 0.15) is 5.69 Å². The Morgan fingerprint density at radius 2 is 2.38 bits per heavy atom. The standard InChI is InChI=1S/C5H5F2N3O2S/c6-3(7)5(12,4(8)11)2-1-13-10-9-2/h1,3,12H,(H2,8,11). The molecule has 72 valence electrons. The summed E-state index contributed by atoms with van der Waals surface area (Å²) in [5.74, 6) is -1.55. The Labute approximate surface area is 75.3 Å². The third-order valence-corrected chi connectivity index (χ3v) is 1.95. The number of alkyl halides is 2. The molecule has 0 aliphatic rings. The smallest absolute Gasteiger partial charge is 0.281 e. The lowest BCUT2D eigenvalue weighted by Crippen LogP contribution is -2.47. The number of hydrogen-bond donors (Lipinski definition) is 2. The molecule has 1 atom stereocenters. The van der Waals surface area contributed by atoms with E-state index in [1.54, 1.807) is 0 Å². The van der Waals surface area contributed by atoms with Crippen LogP contribution in [0.25, 0.3) is 0 Å². The van der Waals surface area contributed by atoms with Gasteiger partial charge in [-0.05, 0) is 11.5 Å². The summed E-state index contributed by atoms with van der Waals surface area (Å²) in [6, 6.07) is 0. The molecule has 1 rings (SSSR count). The maximum Gasteiger partial charge on any atom is 0.281 e. The number of nitrogens with two attached hydrogens (primary N) is 1. The lowest BCUT2D eigenvalue weighted by molar-refractivity contribution is -0.157. The molecule has 0 saturated heterocycles. The molecule has 13 heavy (non-hydrogen) atoms. The molecule has 8 heteroatoms. The molecule has 0 saturated carbocycles. The van der Waals surface area contributed by atoms with Crippen molar-refractivity contribution in [3.63, 3.8) is 0 Å². The van der Waals surface area contributed by atoms with Crippen molar-refractivity contribution in [2.75, 3.05) is 0 Å². The molecule has 1 amide bonds. The van der Waals surface area contributed by atoms with E-state index in [0.29, 0.717) is 0 Å². The highest BCUT2D eigenvalue weighted by Crippen LogP contribution is 2.26. The Kier molecular flexibility index (Phi) is 2.52. The molecule has 0 aromatic carbocycles. The molecule has 1 unspecified atom stereocenters. The number of rotatable bonds is 3. The Hall–Kier alpha value is -1.15. The summed E-state index contributed by atoms with van der Waals surface area (Å²) >= 11 is 0.739. The van der Waals surface area contributed by atoms with Gasteiger partial charge in [0.25, 0.3) is 12.3 Å². The summed E-state index contributed by atoms with van der Waals surface area (Å²) in [5, 5.41) is 13.4. The first-order chi connectivity index (χ1) is 5.99. The minimum absolute atomic E-state index is 0.528. The minimum Gasteiger partial charge on any atom is -0.370 e. The van der Waals surface area contributed by atoms with Crippen molar-refractivity contribution in [1.82, 2.24) is 9.59 Å². The van der Waals surface area contributed by atoms with Gasteiger partial charge in [-0.3, -0.25) is 4.79 Å². The molecule has 5 nitrogen and oxygen atoms in total. The molecule has 0 bridgehead atoms. The van der Waals surface area contributed by atoms with Gasteiger partial charge in [0.15, 0.2) is 0 Å². The molecular weight excluding hydrogens is 204 g/mol. The summed E-state index contributed by atoms with van der Waals surface area (Å²) in [6.45, 7) is 0. The fraction of sp³-hybridized carbons (Fsp3) is 0.400. The van der Waals surface area contributed by atoms with Gasteiger partial charge in [-0.15, -0.1) is 5.10 Å². The summed E-state index contributed by atoms with van der Waals surface area (Å²) in [5.41, 5.74) is 1.07. The number of aliphatic hydroxyl groups is 1.